The lowest BCUT2D eigenvalue weighted by molar-refractivity contribution is -0.140. The number of aryl methyl sites for hydroxylation is 1. The third-order valence-corrected chi connectivity index (χ3v) is 3.01. The van der Waals surface area contributed by atoms with Crippen LogP contribution in [0.3, 0.4) is 0 Å². The molecule has 16 heavy (non-hydrogen) atoms. The van der Waals surface area contributed by atoms with Crippen LogP contribution in [0.4, 0.5) is 5.69 Å². The number of halogens is 1. The van der Waals surface area contributed by atoms with Gasteiger partial charge in [-0.25, -0.2) is 9.97 Å². The van der Waals surface area contributed by atoms with Gasteiger partial charge in [0.05, 0.1) is 24.9 Å². The van der Waals surface area contributed by atoms with Gasteiger partial charge >= 0.3 is 5.97 Å². The number of hydrogen-bond acceptors (Lipinski definition) is 6. The largest absolute Gasteiger partial charge is 0.469 e. The number of ether oxygens (including phenoxy) is 1. The van der Waals surface area contributed by atoms with Crippen LogP contribution in [-0.2, 0) is 9.53 Å². The van der Waals surface area contributed by atoms with E-state index in [2.05, 4.69) is 14.7 Å². The number of nitrogens with zero attached hydrogens (tertiary/aromatic N) is 2. The van der Waals surface area contributed by atoms with Crippen LogP contribution in [0.2, 0.25) is 5.28 Å². The van der Waals surface area contributed by atoms with Crippen molar-refractivity contribution in [3.63, 3.8) is 0 Å². The lowest BCUT2D eigenvalue weighted by Gasteiger charge is -2.06. The van der Waals surface area contributed by atoms with Gasteiger partial charge in [0.15, 0.2) is 0 Å². The van der Waals surface area contributed by atoms with Crippen molar-refractivity contribution in [2.24, 2.45) is 0 Å². The monoisotopic (exact) mass is 261 g/mol. The minimum absolute atomic E-state index is 0.160. The summed E-state index contributed by atoms with van der Waals surface area (Å²) in [5.41, 5.74) is 6.92. The Labute approximate surface area is 103 Å². The molecule has 0 radical (unpaired) electrons. The first-order chi connectivity index (χ1) is 7.54. The number of thioether (sulfide) groups is 1. The summed E-state index contributed by atoms with van der Waals surface area (Å²) in [5, 5.41) is 0.758. The maximum atomic E-state index is 10.9. The molecule has 1 aromatic heterocycles. The second kappa shape index (κ2) is 5.91. The summed E-state index contributed by atoms with van der Waals surface area (Å²) in [4.78, 5) is 18.8. The summed E-state index contributed by atoms with van der Waals surface area (Å²) < 4.78 is 4.52. The van der Waals surface area contributed by atoms with E-state index in [1.807, 2.05) is 0 Å². The van der Waals surface area contributed by atoms with E-state index in [0.717, 1.165) is 0 Å². The third-order valence-electron chi connectivity index (χ3n) is 1.85. The highest BCUT2D eigenvalue weighted by atomic mass is 35.5. The number of rotatable bonds is 4. The molecular weight excluding hydrogens is 250 g/mol. The Balaban J connectivity index is 2.63. The number of nitrogen functional groups attached to an aromatic ring is 1. The van der Waals surface area contributed by atoms with Gasteiger partial charge in [0.2, 0.25) is 5.28 Å². The molecule has 0 aromatic carbocycles. The number of hydrogen-bond donors (Lipinski definition) is 1. The quantitative estimate of drug-likeness (QED) is 0.385. The first-order valence-corrected chi connectivity index (χ1v) is 5.90. The van der Waals surface area contributed by atoms with Gasteiger partial charge in [-0.05, 0) is 18.5 Å². The summed E-state index contributed by atoms with van der Waals surface area (Å²) in [7, 11) is 1.35. The van der Waals surface area contributed by atoms with Gasteiger partial charge in [-0.2, -0.15) is 0 Å². The Morgan fingerprint density at radius 1 is 1.56 bits per heavy atom. The van der Waals surface area contributed by atoms with Gasteiger partial charge < -0.3 is 10.5 Å². The zero-order chi connectivity index (χ0) is 12.1. The van der Waals surface area contributed by atoms with Crippen molar-refractivity contribution in [3.8, 4) is 0 Å². The molecule has 0 saturated heterocycles. The van der Waals surface area contributed by atoms with Crippen molar-refractivity contribution in [3.05, 3.63) is 11.0 Å². The van der Waals surface area contributed by atoms with Crippen molar-refractivity contribution in [2.75, 3.05) is 18.6 Å². The normalized spacial score (nSPS) is 10.2. The molecule has 2 N–H and O–H groups in total. The van der Waals surface area contributed by atoms with E-state index >= 15 is 0 Å². The molecule has 0 aliphatic carbocycles. The van der Waals surface area contributed by atoms with E-state index < -0.39 is 0 Å². The number of aromatic nitrogens is 2. The van der Waals surface area contributed by atoms with Crippen molar-refractivity contribution in [1.29, 1.82) is 0 Å². The van der Waals surface area contributed by atoms with Crippen molar-refractivity contribution in [2.45, 2.75) is 18.4 Å². The summed E-state index contributed by atoms with van der Waals surface area (Å²) in [6.45, 7) is 1.76. The van der Waals surface area contributed by atoms with Crippen molar-refractivity contribution >= 4 is 35.0 Å². The molecule has 5 nitrogen and oxygen atoms in total. The van der Waals surface area contributed by atoms with Crippen LogP contribution in [0.5, 0.6) is 0 Å². The Morgan fingerprint density at radius 3 is 2.88 bits per heavy atom. The van der Waals surface area contributed by atoms with Gasteiger partial charge in [-0.3, -0.25) is 4.79 Å². The van der Waals surface area contributed by atoms with Crippen LogP contribution in [0.1, 0.15) is 12.1 Å². The maximum Gasteiger partial charge on any atom is 0.306 e. The number of anilines is 1. The first-order valence-electron chi connectivity index (χ1n) is 4.53. The number of nitrogens with two attached hydrogens (primary N) is 1. The van der Waals surface area contributed by atoms with Gasteiger partial charge in [-0.15, -0.1) is 11.8 Å². The molecule has 1 heterocycles. The van der Waals surface area contributed by atoms with Crippen LogP contribution in [0.25, 0.3) is 0 Å². The molecule has 0 atom stereocenters. The Hall–Kier alpha value is -1.01. The molecule has 0 aliphatic heterocycles. The smallest absolute Gasteiger partial charge is 0.306 e. The SMILES string of the molecule is COC(=O)CCSc1nc(Cl)nc(C)c1N. The Morgan fingerprint density at radius 2 is 2.25 bits per heavy atom. The predicted molar refractivity (Wildman–Crippen MR) is 63.5 cm³/mol. The van der Waals surface area contributed by atoms with E-state index in [1.165, 1.54) is 18.9 Å². The summed E-state index contributed by atoms with van der Waals surface area (Å²) in [6, 6.07) is 0. The van der Waals surface area contributed by atoms with Crippen molar-refractivity contribution < 1.29 is 9.53 Å². The summed E-state index contributed by atoms with van der Waals surface area (Å²) >= 11 is 7.07. The third kappa shape index (κ3) is 3.53. The topological polar surface area (TPSA) is 78.1 Å². The zero-order valence-corrected chi connectivity index (χ0v) is 10.6. The number of esters is 1. The predicted octanol–water partition coefficient (Wildman–Crippen LogP) is 1.68. The van der Waals surface area contributed by atoms with Crippen molar-refractivity contribution in [1.82, 2.24) is 9.97 Å². The average Bonchev–Trinajstić information content (AvgIpc) is 2.24. The number of carbonyl (C=O) groups excluding carboxylic acids is 1. The van der Waals surface area contributed by atoms with Gasteiger partial charge in [0.1, 0.15) is 5.03 Å². The first kappa shape index (κ1) is 13.1. The molecule has 7 heteroatoms. The molecule has 88 valence electrons. The number of methoxy groups -OCH3 is 1. The average molecular weight is 262 g/mol. The second-order valence-corrected chi connectivity index (χ2v) is 4.39. The standard InChI is InChI=1S/C9H12ClN3O2S/c1-5-7(11)8(13-9(10)12-5)16-4-3-6(14)15-2/h3-4,11H2,1-2H3. The lowest BCUT2D eigenvalue weighted by atomic mass is 10.4. The molecule has 0 saturated carbocycles. The summed E-state index contributed by atoms with van der Waals surface area (Å²) in [6.07, 6.45) is 0.307. The summed E-state index contributed by atoms with van der Waals surface area (Å²) in [5.74, 6) is 0.284. The van der Waals surface area contributed by atoms with E-state index in [0.29, 0.717) is 28.6 Å². The molecule has 0 bridgehead atoms. The fraction of sp³-hybridized carbons (Fsp3) is 0.444. The van der Waals surface area contributed by atoms with E-state index in [9.17, 15) is 4.79 Å². The van der Waals surface area contributed by atoms with Gasteiger partial charge in [0.25, 0.3) is 0 Å². The van der Waals surface area contributed by atoms with Gasteiger partial charge in [0, 0.05) is 5.75 Å². The van der Waals surface area contributed by atoms with Gasteiger partial charge in [-0.1, -0.05) is 0 Å². The van der Waals surface area contributed by atoms with Crippen LogP contribution in [-0.4, -0.2) is 28.8 Å². The molecule has 1 aromatic rings. The Kier molecular flexibility index (Phi) is 4.82. The van der Waals surface area contributed by atoms with Crippen LogP contribution in [0, 0.1) is 6.92 Å². The lowest BCUT2D eigenvalue weighted by Crippen LogP contribution is -2.03. The van der Waals surface area contributed by atoms with E-state index in [4.69, 9.17) is 17.3 Å². The molecule has 0 spiro atoms. The molecular formula is C9H12ClN3O2S. The second-order valence-electron chi connectivity index (χ2n) is 2.97. The highest BCUT2D eigenvalue weighted by molar-refractivity contribution is 7.99. The maximum absolute atomic E-state index is 10.9. The molecule has 1 rings (SSSR count). The molecule has 0 aliphatic rings. The molecule has 0 fully saturated rings. The highest BCUT2D eigenvalue weighted by Gasteiger charge is 2.09. The van der Waals surface area contributed by atoms with Crippen LogP contribution >= 0.6 is 23.4 Å². The van der Waals surface area contributed by atoms with E-state index in [1.54, 1.807) is 6.92 Å². The number of carbonyl (C=O) groups is 1. The van der Waals surface area contributed by atoms with Crippen LogP contribution in [0.15, 0.2) is 5.03 Å². The van der Waals surface area contributed by atoms with Crippen LogP contribution < -0.4 is 5.73 Å². The minimum atomic E-state index is -0.261. The van der Waals surface area contributed by atoms with E-state index in [-0.39, 0.29) is 11.3 Å². The fourth-order valence-electron chi connectivity index (χ4n) is 0.966. The molecule has 0 amide bonds. The fourth-order valence-corrected chi connectivity index (χ4v) is 2.14. The molecule has 0 unspecified atom stereocenters. The zero-order valence-electron chi connectivity index (χ0n) is 8.99. The highest BCUT2D eigenvalue weighted by Crippen LogP contribution is 2.26. The minimum Gasteiger partial charge on any atom is -0.469 e. The Bertz CT molecular complexity index is 401.